The van der Waals surface area contributed by atoms with Crippen molar-refractivity contribution in [2.24, 2.45) is 5.73 Å². The average Bonchev–Trinajstić information content (AvgIpc) is 2.82. The summed E-state index contributed by atoms with van der Waals surface area (Å²) in [5.74, 6) is -3.21. The van der Waals surface area contributed by atoms with E-state index in [1.165, 1.54) is 24.3 Å². The first-order valence-corrected chi connectivity index (χ1v) is 12.8. The van der Waals surface area contributed by atoms with E-state index in [0.29, 0.717) is 31.6 Å². The second-order valence-corrected chi connectivity index (χ2v) is 9.37. The minimum atomic E-state index is -4.09. The summed E-state index contributed by atoms with van der Waals surface area (Å²) in [4.78, 5) is 12.5. The van der Waals surface area contributed by atoms with E-state index in [-0.39, 0.29) is 59.9 Å². The van der Waals surface area contributed by atoms with Crippen LogP contribution in [-0.4, -0.2) is 53.6 Å². The molecule has 0 radical (unpaired) electrons. The minimum absolute atomic E-state index is 0. The fourth-order valence-electron chi connectivity index (χ4n) is 3.11. The highest BCUT2D eigenvalue weighted by atomic mass is 35.5. The lowest BCUT2D eigenvalue weighted by molar-refractivity contribution is 0.0953. The van der Waals surface area contributed by atoms with E-state index in [9.17, 15) is 22.0 Å². The van der Waals surface area contributed by atoms with E-state index >= 15 is 0 Å². The van der Waals surface area contributed by atoms with Gasteiger partial charge in [-0.2, -0.15) is 0 Å². The van der Waals surface area contributed by atoms with Crippen LogP contribution in [0.5, 0.6) is 0 Å². The number of sulfonamides is 1. The van der Waals surface area contributed by atoms with Crippen molar-refractivity contribution in [2.75, 3.05) is 44.0 Å². The number of hydrogen-bond donors (Lipinski definition) is 5. The number of unbranched alkanes of at least 4 members (excludes halogenated alkanes) is 1. The number of anilines is 1. The zero-order chi connectivity index (χ0) is 24.8. The van der Waals surface area contributed by atoms with Crippen molar-refractivity contribution in [2.45, 2.75) is 30.6 Å². The monoisotopic (exact) mass is 605 g/mol. The summed E-state index contributed by atoms with van der Waals surface area (Å²) < 4.78 is 54.9. The highest BCUT2D eigenvalue weighted by Gasteiger charge is 2.21. The molecule has 0 unspecified atom stereocenters. The lowest BCUT2D eigenvalue weighted by Crippen LogP contribution is -2.29. The van der Waals surface area contributed by atoms with E-state index in [1.807, 2.05) is 0 Å². The number of nitrogens with two attached hydrogens (primary N) is 1. The van der Waals surface area contributed by atoms with Crippen molar-refractivity contribution in [3.05, 3.63) is 59.7 Å². The normalized spacial score (nSPS) is 10.5. The highest BCUT2D eigenvalue weighted by molar-refractivity contribution is 7.92. The average molecular weight is 607 g/mol. The molecule has 0 heterocycles. The summed E-state index contributed by atoms with van der Waals surface area (Å²) >= 11 is 0. The maximum absolute atomic E-state index is 13.8. The van der Waals surface area contributed by atoms with Gasteiger partial charge in [0, 0.05) is 12.6 Å². The first-order valence-electron chi connectivity index (χ1n) is 11.3. The standard InChI is InChI=1S/C23H33F2N5O3S.3ClH/c24-20-16-19(22(17-21(20)25)30-34(32,33)18-8-2-1-3-9-18)23(31)29-15-7-14-28-12-5-4-11-27-13-6-10-26;;;/h1-3,8-9,16-17,27-28,30H,4-7,10-15,26H2,(H,29,31);3*1H. The Hall–Kier alpha value is -1.73. The number of hydrogen-bond acceptors (Lipinski definition) is 6. The number of rotatable bonds is 16. The van der Waals surface area contributed by atoms with Crippen LogP contribution in [0.2, 0.25) is 0 Å². The Morgan fingerprint density at radius 1 is 0.784 bits per heavy atom. The van der Waals surface area contributed by atoms with Crippen molar-refractivity contribution in [1.82, 2.24) is 16.0 Å². The number of nitrogens with one attached hydrogen (secondary N) is 4. The zero-order valence-electron chi connectivity index (χ0n) is 20.3. The van der Waals surface area contributed by atoms with Gasteiger partial charge >= 0.3 is 0 Å². The van der Waals surface area contributed by atoms with Crippen LogP contribution in [-0.2, 0) is 10.0 Å². The van der Waals surface area contributed by atoms with Crippen LogP contribution in [0.4, 0.5) is 14.5 Å². The predicted molar refractivity (Wildman–Crippen MR) is 151 cm³/mol. The van der Waals surface area contributed by atoms with Crippen molar-refractivity contribution in [3.63, 3.8) is 0 Å². The predicted octanol–water partition coefficient (Wildman–Crippen LogP) is 3.46. The maximum atomic E-state index is 13.8. The zero-order valence-corrected chi connectivity index (χ0v) is 23.6. The second kappa shape index (κ2) is 20.3. The molecule has 0 bridgehead atoms. The molecule has 6 N–H and O–H groups in total. The van der Waals surface area contributed by atoms with Gasteiger partial charge in [0.25, 0.3) is 15.9 Å². The molecule has 2 aromatic rings. The SMILES string of the molecule is Cl.Cl.Cl.NCCCNCCCCNCCCNC(=O)c1cc(F)c(F)cc1NS(=O)(=O)c1ccccc1. The fourth-order valence-corrected chi connectivity index (χ4v) is 4.20. The van der Waals surface area contributed by atoms with Crippen molar-refractivity contribution in [1.29, 1.82) is 0 Å². The minimum Gasteiger partial charge on any atom is -0.352 e. The van der Waals surface area contributed by atoms with Crippen molar-refractivity contribution >= 4 is 58.8 Å². The van der Waals surface area contributed by atoms with Crippen LogP contribution >= 0.6 is 37.2 Å². The Balaban J connectivity index is 0. The van der Waals surface area contributed by atoms with Crippen LogP contribution < -0.4 is 26.4 Å². The van der Waals surface area contributed by atoms with Gasteiger partial charge in [0.2, 0.25) is 0 Å². The van der Waals surface area contributed by atoms with Gasteiger partial charge in [0.15, 0.2) is 11.6 Å². The third kappa shape index (κ3) is 13.6. The molecule has 14 heteroatoms. The first-order chi connectivity index (χ1) is 16.3. The maximum Gasteiger partial charge on any atom is 0.261 e. The first kappa shape index (κ1) is 37.4. The van der Waals surface area contributed by atoms with E-state index in [1.54, 1.807) is 6.07 Å². The molecular formula is C23H36Cl3F2N5O3S. The molecule has 1 amide bonds. The molecule has 0 spiro atoms. The molecule has 0 atom stereocenters. The van der Waals surface area contributed by atoms with Crippen LogP contribution in [0.15, 0.2) is 47.4 Å². The summed E-state index contributed by atoms with van der Waals surface area (Å²) in [5.41, 5.74) is 4.80. The topological polar surface area (TPSA) is 125 Å². The molecule has 8 nitrogen and oxygen atoms in total. The largest absolute Gasteiger partial charge is 0.352 e. The number of carbonyl (C=O) groups is 1. The van der Waals surface area contributed by atoms with Gasteiger partial charge in [0.1, 0.15) is 0 Å². The molecule has 0 aliphatic rings. The van der Waals surface area contributed by atoms with Gasteiger partial charge < -0.3 is 21.7 Å². The van der Waals surface area contributed by atoms with Crippen LogP contribution in [0, 0.1) is 11.6 Å². The van der Waals surface area contributed by atoms with Crippen molar-refractivity contribution in [3.8, 4) is 0 Å². The molecule has 212 valence electrons. The Morgan fingerprint density at radius 3 is 1.92 bits per heavy atom. The summed E-state index contributed by atoms with van der Waals surface area (Å²) in [6.07, 6.45) is 3.65. The number of carbonyl (C=O) groups excluding carboxylic acids is 1. The smallest absolute Gasteiger partial charge is 0.261 e. The molecule has 37 heavy (non-hydrogen) atoms. The lowest BCUT2D eigenvalue weighted by Gasteiger charge is -2.14. The van der Waals surface area contributed by atoms with Crippen LogP contribution in [0.1, 0.15) is 36.0 Å². The number of amides is 1. The second-order valence-electron chi connectivity index (χ2n) is 7.69. The van der Waals surface area contributed by atoms with E-state index < -0.39 is 27.6 Å². The Morgan fingerprint density at radius 2 is 1.32 bits per heavy atom. The quantitative estimate of drug-likeness (QED) is 0.187. The van der Waals surface area contributed by atoms with Crippen LogP contribution in [0.3, 0.4) is 0 Å². The third-order valence-electron chi connectivity index (χ3n) is 4.93. The van der Waals surface area contributed by atoms with E-state index in [4.69, 9.17) is 5.73 Å². The van der Waals surface area contributed by atoms with Crippen LogP contribution in [0.25, 0.3) is 0 Å². The molecular weight excluding hydrogens is 571 g/mol. The highest BCUT2D eigenvalue weighted by Crippen LogP contribution is 2.23. The van der Waals surface area contributed by atoms with Gasteiger partial charge in [-0.3, -0.25) is 9.52 Å². The third-order valence-corrected chi connectivity index (χ3v) is 6.31. The number of benzene rings is 2. The summed E-state index contributed by atoms with van der Waals surface area (Å²) in [5, 5.41) is 9.21. The van der Waals surface area contributed by atoms with Crippen molar-refractivity contribution < 1.29 is 22.0 Å². The molecule has 0 saturated carbocycles. The summed E-state index contributed by atoms with van der Waals surface area (Å²) in [6, 6.07) is 8.77. The fraction of sp³-hybridized carbons (Fsp3) is 0.435. The summed E-state index contributed by atoms with van der Waals surface area (Å²) in [7, 11) is -4.09. The Kier molecular flexibility index (Phi) is 20.5. The number of halogens is 5. The molecule has 0 aliphatic carbocycles. The molecule has 0 aliphatic heterocycles. The van der Waals surface area contributed by atoms with E-state index in [0.717, 1.165) is 38.9 Å². The molecule has 0 aromatic heterocycles. The van der Waals surface area contributed by atoms with Gasteiger partial charge in [-0.1, -0.05) is 18.2 Å². The molecule has 2 aromatic carbocycles. The van der Waals surface area contributed by atoms with Gasteiger partial charge in [-0.15, -0.1) is 37.2 Å². The summed E-state index contributed by atoms with van der Waals surface area (Å²) in [6.45, 7) is 4.37. The van der Waals surface area contributed by atoms with E-state index in [2.05, 4.69) is 20.7 Å². The Bertz CT molecular complexity index is 1020. The molecule has 0 saturated heterocycles. The molecule has 0 fully saturated rings. The Labute approximate surface area is 236 Å². The van der Waals surface area contributed by atoms with Gasteiger partial charge in [-0.05, 0) is 76.6 Å². The van der Waals surface area contributed by atoms with Gasteiger partial charge in [-0.25, -0.2) is 17.2 Å². The molecule has 2 rings (SSSR count). The van der Waals surface area contributed by atoms with Gasteiger partial charge in [0.05, 0.1) is 16.1 Å². The lowest BCUT2D eigenvalue weighted by atomic mass is 10.1.